The van der Waals surface area contributed by atoms with Crippen LogP contribution in [0.15, 0.2) is 12.1 Å². The molecular formula is C19H29NO2. The van der Waals surface area contributed by atoms with Crippen LogP contribution >= 0.6 is 0 Å². The minimum absolute atomic E-state index is 0.208. The van der Waals surface area contributed by atoms with Gasteiger partial charge in [0.05, 0.1) is 12.2 Å². The lowest BCUT2D eigenvalue weighted by Gasteiger charge is -2.26. The Hall–Kier alpha value is -1.35. The monoisotopic (exact) mass is 303 g/mol. The zero-order valence-electron chi connectivity index (χ0n) is 14.3. The van der Waals surface area contributed by atoms with Crippen molar-refractivity contribution in [3.05, 3.63) is 28.8 Å². The molecule has 0 bridgehead atoms. The number of nitrogens with zero attached hydrogens (tertiary/aromatic N) is 1. The van der Waals surface area contributed by atoms with E-state index in [1.165, 1.54) is 24.8 Å². The highest BCUT2D eigenvalue weighted by molar-refractivity contribution is 5.99. The Bertz CT molecular complexity index is 504. The number of carbonyl (C=O) groups excluding carboxylic acids is 1. The van der Waals surface area contributed by atoms with Gasteiger partial charge < -0.3 is 9.64 Å². The number of benzene rings is 1. The summed E-state index contributed by atoms with van der Waals surface area (Å²) in [5.74, 6) is 0.966. The van der Waals surface area contributed by atoms with Crippen molar-refractivity contribution in [1.82, 2.24) is 4.90 Å². The Balaban J connectivity index is 2.04. The number of piperidine rings is 1. The Morgan fingerprint density at radius 1 is 1.14 bits per heavy atom. The van der Waals surface area contributed by atoms with Crippen molar-refractivity contribution in [3.8, 4) is 5.75 Å². The van der Waals surface area contributed by atoms with Crippen molar-refractivity contribution >= 4 is 5.78 Å². The summed E-state index contributed by atoms with van der Waals surface area (Å²) in [5, 5.41) is 0. The maximum atomic E-state index is 12.6. The fourth-order valence-corrected chi connectivity index (χ4v) is 2.92. The van der Waals surface area contributed by atoms with Crippen molar-refractivity contribution in [1.29, 1.82) is 0 Å². The molecule has 0 saturated carbocycles. The lowest BCUT2D eigenvalue weighted by molar-refractivity contribution is 0.0954. The summed E-state index contributed by atoms with van der Waals surface area (Å²) in [6.07, 6.45) is 5.40. The van der Waals surface area contributed by atoms with E-state index in [0.29, 0.717) is 13.0 Å². The van der Waals surface area contributed by atoms with Crippen molar-refractivity contribution in [3.63, 3.8) is 0 Å². The quantitative estimate of drug-likeness (QED) is 0.709. The molecule has 1 saturated heterocycles. The molecule has 0 radical (unpaired) electrons. The van der Waals surface area contributed by atoms with Gasteiger partial charge >= 0.3 is 0 Å². The molecule has 0 aliphatic carbocycles. The number of rotatable bonds is 7. The average molecular weight is 303 g/mol. The maximum absolute atomic E-state index is 12.6. The van der Waals surface area contributed by atoms with Crippen LogP contribution in [0.1, 0.15) is 60.5 Å². The number of Topliss-reactive ketones (excluding diaryl/α,β-unsaturated/α-hetero) is 1. The molecule has 1 aliphatic rings. The summed E-state index contributed by atoms with van der Waals surface area (Å²) in [7, 11) is 0. The van der Waals surface area contributed by atoms with Gasteiger partial charge in [0.25, 0.3) is 0 Å². The van der Waals surface area contributed by atoms with Crippen LogP contribution in [0.25, 0.3) is 0 Å². The molecule has 22 heavy (non-hydrogen) atoms. The zero-order valence-corrected chi connectivity index (χ0v) is 14.3. The first kappa shape index (κ1) is 17.0. The fourth-order valence-electron chi connectivity index (χ4n) is 2.92. The van der Waals surface area contributed by atoms with Gasteiger partial charge in [0.1, 0.15) is 5.75 Å². The molecule has 0 N–H and O–H groups in total. The first-order valence-corrected chi connectivity index (χ1v) is 8.61. The third-order valence-electron chi connectivity index (χ3n) is 4.46. The highest BCUT2D eigenvalue weighted by Gasteiger charge is 2.17. The second-order valence-corrected chi connectivity index (χ2v) is 6.36. The molecule has 2 rings (SSSR count). The third-order valence-corrected chi connectivity index (χ3v) is 4.46. The topological polar surface area (TPSA) is 29.5 Å². The van der Waals surface area contributed by atoms with Gasteiger partial charge in [-0.15, -0.1) is 0 Å². The van der Waals surface area contributed by atoms with Gasteiger partial charge in [0, 0.05) is 13.0 Å². The number of aryl methyl sites for hydroxylation is 2. The van der Waals surface area contributed by atoms with Crippen LogP contribution in [0.4, 0.5) is 0 Å². The first-order chi connectivity index (χ1) is 10.6. The Labute approximate surface area is 134 Å². The van der Waals surface area contributed by atoms with Crippen LogP contribution in [0.3, 0.4) is 0 Å². The molecule has 3 nitrogen and oxygen atoms in total. The summed E-state index contributed by atoms with van der Waals surface area (Å²) >= 11 is 0. The lowest BCUT2D eigenvalue weighted by Crippen LogP contribution is -2.31. The van der Waals surface area contributed by atoms with Gasteiger partial charge in [-0.25, -0.2) is 0 Å². The number of hydrogen-bond acceptors (Lipinski definition) is 3. The predicted molar refractivity (Wildman–Crippen MR) is 90.9 cm³/mol. The molecule has 0 atom stereocenters. The summed E-state index contributed by atoms with van der Waals surface area (Å²) in [6, 6.07) is 4.01. The number of hydrogen-bond donors (Lipinski definition) is 0. The number of ketones is 1. The van der Waals surface area contributed by atoms with Gasteiger partial charge in [-0.1, -0.05) is 13.3 Å². The van der Waals surface area contributed by atoms with E-state index < -0.39 is 0 Å². The Morgan fingerprint density at radius 2 is 1.82 bits per heavy atom. The molecular weight excluding hydrogens is 274 g/mol. The zero-order chi connectivity index (χ0) is 15.9. The number of carbonyl (C=O) groups is 1. The average Bonchev–Trinajstić information content (AvgIpc) is 2.54. The Morgan fingerprint density at radius 3 is 2.50 bits per heavy atom. The van der Waals surface area contributed by atoms with E-state index in [4.69, 9.17) is 4.74 Å². The van der Waals surface area contributed by atoms with Crippen molar-refractivity contribution in [2.75, 3.05) is 26.2 Å². The largest absolute Gasteiger partial charge is 0.493 e. The minimum Gasteiger partial charge on any atom is -0.493 e. The standard InChI is InChI=1S/C19H29NO2/c1-4-12-22-19-14-16(3)15(2)13-17(19)18(21)8-11-20-9-6-5-7-10-20/h13-14H,4-12H2,1-3H3. The van der Waals surface area contributed by atoms with Crippen LogP contribution in [0, 0.1) is 13.8 Å². The molecule has 3 heteroatoms. The van der Waals surface area contributed by atoms with Crippen molar-refractivity contribution in [2.45, 2.75) is 52.9 Å². The van der Waals surface area contributed by atoms with Gasteiger partial charge in [-0.2, -0.15) is 0 Å². The van der Waals surface area contributed by atoms with Crippen LogP contribution in [-0.4, -0.2) is 36.9 Å². The first-order valence-electron chi connectivity index (χ1n) is 8.61. The van der Waals surface area contributed by atoms with E-state index in [1.807, 2.05) is 12.1 Å². The van der Waals surface area contributed by atoms with E-state index in [1.54, 1.807) is 0 Å². The van der Waals surface area contributed by atoms with Crippen LogP contribution < -0.4 is 4.74 Å². The molecule has 1 heterocycles. The van der Waals surface area contributed by atoms with Crippen LogP contribution in [0.5, 0.6) is 5.75 Å². The lowest BCUT2D eigenvalue weighted by atomic mass is 10.00. The normalized spacial score (nSPS) is 15.8. The highest BCUT2D eigenvalue weighted by Crippen LogP contribution is 2.25. The smallest absolute Gasteiger partial charge is 0.167 e. The molecule has 1 aromatic carbocycles. The molecule has 1 aromatic rings. The van der Waals surface area contributed by atoms with Crippen LogP contribution in [0.2, 0.25) is 0 Å². The molecule has 122 valence electrons. The van der Waals surface area contributed by atoms with E-state index >= 15 is 0 Å². The van der Waals surface area contributed by atoms with E-state index in [0.717, 1.165) is 42.9 Å². The SMILES string of the molecule is CCCOc1cc(C)c(C)cc1C(=O)CCN1CCCCC1. The van der Waals surface area contributed by atoms with Crippen molar-refractivity contribution < 1.29 is 9.53 Å². The van der Waals surface area contributed by atoms with E-state index in [-0.39, 0.29) is 5.78 Å². The molecule has 0 unspecified atom stereocenters. The predicted octanol–water partition coefficient (Wildman–Crippen LogP) is 4.15. The molecule has 0 aromatic heterocycles. The summed E-state index contributed by atoms with van der Waals surface area (Å²) in [4.78, 5) is 15.0. The van der Waals surface area contributed by atoms with Crippen molar-refractivity contribution in [2.24, 2.45) is 0 Å². The summed E-state index contributed by atoms with van der Waals surface area (Å²) < 4.78 is 5.80. The molecule has 1 fully saturated rings. The van der Waals surface area contributed by atoms with Gasteiger partial charge in [-0.3, -0.25) is 4.79 Å². The third kappa shape index (κ3) is 4.57. The van der Waals surface area contributed by atoms with Crippen LogP contribution in [-0.2, 0) is 0 Å². The second-order valence-electron chi connectivity index (χ2n) is 6.36. The Kier molecular flexibility index (Phi) is 6.44. The molecule has 0 spiro atoms. The second kappa shape index (κ2) is 8.33. The van der Waals surface area contributed by atoms with E-state index in [2.05, 4.69) is 25.7 Å². The van der Waals surface area contributed by atoms with E-state index in [9.17, 15) is 4.79 Å². The number of ether oxygens (including phenoxy) is 1. The van der Waals surface area contributed by atoms with Gasteiger partial charge in [0.2, 0.25) is 0 Å². The van der Waals surface area contributed by atoms with Gasteiger partial charge in [-0.05, 0) is 69.5 Å². The summed E-state index contributed by atoms with van der Waals surface area (Å²) in [5.41, 5.74) is 3.09. The molecule has 1 aliphatic heterocycles. The minimum atomic E-state index is 0.208. The van der Waals surface area contributed by atoms with Gasteiger partial charge in [0.15, 0.2) is 5.78 Å². The maximum Gasteiger partial charge on any atom is 0.167 e. The molecule has 0 amide bonds. The summed E-state index contributed by atoms with van der Waals surface area (Å²) in [6.45, 7) is 10.0. The number of likely N-dealkylation sites (tertiary alicyclic amines) is 1. The highest BCUT2D eigenvalue weighted by atomic mass is 16.5. The fraction of sp³-hybridized carbons (Fsp3) is 0.632.